The lowest BCUT2D eigenvalue weighted by molar-refractivity contribution is 0.0918. The summed E-state index contributed by atoms with van der Waals surface area (Å²) in [6, 6.07) is 14.5. The molecule has 2 aliphatic rings. The van der Waals surface area contributed by atoms with Gasteiger partial charge in [0, 0.05) is 11.3 Å². The van der Waals surface area contributed by atoms with E-state index >= 15 is 0 Å². The average molecular weight is 250 g/mol. The lowest BCUT2D eigenvalue weighted by Crippen LogP contribution is -2.49. The molecule has 1 N–H and O–H groups in total. The molecule has 2 aromatic rings. The van der Waals surface area contributed by atoms with Gasteiger partial charge in [0.2, 0.25) is 5.78 Å². The Labute approximate surface area is 109 Å². The highest BCUT2D eigenvalue weighted by atomic mass is 16.2. The maximum absolute atomic E-state index is 12.5. The molecule has 0 bridgehead atoms. The quantitative estimate of drug-likeness (QED) is 0.780. The highest BCUT2D eigenvalue weighted by Crippen LogP contribution is 2.37. The van der Waals surface area contributed by atoms with Crippen LogP contribution in [0.1, 0.15) is 20.7 Å². The zero-order valence-electron chi connectivity index (χ0n) is 9.96. The van der Waals surface area contributed by atoms with Crippen molar-refractivity contribution in [2.24, 2.45) is 0 Å². The van der Waals surface area contributed by atoms with Gasteiger partial charge in [-0.25, -0.2) is 0 Å². The van der Waals surface area contributed by atoms with Gasteiger partial charge < -0.3 is 5.32 Å². The van der Waals surface area contributed by atoms with Gasteiger partial charge in [0.1, 0.15) is 0 Å². The Hall–Kier alpha value is -2.62. The van der Waals surface area contributed by atoms with Crippen LogP contribution in [0.4, 0.5) is 11.4 Å². The minimum absolute atomic E-state index is 0.0570. The van der Waals surface area contributed by atoms with Crippen molar-refractivity contribution in [3.8, 4) is 0 Å². The largest absolute Gasteiger partial charge is 0.358 e. The van der Waals surface area contributed by atoms with Crippen molar-refractivity contribution in [1.29, 1.82) is 0 Å². The lowest BCUT2D eigenvalue weighted by atomic mass is 10.1. The molecule has 19 heavy (non-hydrogen) atoms. The molecule has 0 saturated carbocycles. The molecule has 4 nitrogen and oxygen atoms in total. The van der Waals surface area contributed by atoms with Gasteiger partial charge in [0.15, 0.2) is 6.17 Å². The van der Waals surface area contributed by atoms with Crippen LogP contribution in [0.2, 0.25) is 0 Å². The molecule has 0 radical (unpaired) electrons. The number of nitrogens with zero attached hydrogens (tertiary/aromatic N) is 1. The number of hydrogen-bond donors (Lipinski definition) is 1. The second kappa shape index (κ2) is 3.45. The van der Waals surface area contributed by atoms with E-state index in [0.29, 0.717) is 16.8 Å². The number of fused-ring (bicyclic) bond motifs is 4. The van der Waals surface area contributed by atoms with Gasteiger partial charge >= 0.3 is 0 Å². The first-order valence-corrected chi connectivity index (χ1v) is 6.10. The molecule has 0 aromatic heterocycles. The number of amides is 1. The number of benzene rings is 2. The monoisotopic (exact) mass is 250 g/mol. The van der Waals surface area contributed by atoms with Crippen molar-refractivity contribution >= 4 is 23.1 Å². The summed E-state index contributed by atoms with van der Waals surface area (Å²) >= 11 is 0. The molecule has 0 saturated heterocycles. The van der Waals surface area contributed by atoms with Crippen LogP contribution in [0.15, 0.2) is 48.5 Å². The second-order valence-corrected chi connectivity index (χ2v) is 4.65. The first kappa shape index (κ1) is 10.3. The summed E-state index contributed by atoms with van der Waals surface area (Å²) in [5, 5.41) is 3.14. The Bertz CT molecular complexity index is 724. The SMILES string of the molecule is O=C1c2ccccc2N2C(=O)c3ccccc3NC12. The molecule has 1 unspecified atom stereocenters. The summed E-state index contributed by atoms with van der Waals surface area (Å²) in [7, 11) is 0. The van der Waals surface area contributed by atoms with Gasteiger partial charge in [-0.2, -0.15) is 0 Å². The summed E-state index contributed by atoms with van der Waals surface area (Å²) in [4.78, 5) is 26.4. The standard InChI is InChI=1S/C15H10N2O2/c18-13-10-6-2-4-8-12(10)17-14(13)16-11-7-3-1-5-9(11)15(17)19/h1-8,14,16H. The maximum atomic E-state index is 12.5. The first-order chi connectivity index (χ1) is 9.27. The zero-order valence-corrected chi connectivity index (χ0v) is 9.96. The van der Waals surface area contributed by atoms with Crippen molar-refractivity contribution in [3.05, 3.63) is 59.7 Å². The van der Waals surface area contributed by atoms with E-state index in [9.17, 15) is 9.59 Å². The molecule has 1 amide bonds. The van der Waals surface area contributed by atoms with Gasteiger partial charge in [0.25, 0.3) is 5.91 Å². The fraction of sp³-hybridized carbons (Fsp3) is 0.0667. The highest BCUT2D eigenvalue weighted by Gasteiger charge is 2.44. The van der Waals surface area contributed by atoms with Crippen LogP contribution < -0.4 is 10.2 Å². The molecule has 1 atom stereocenters. The number of ketones is 1. The minimum Gasteiger partial charge on any atom is -0.358 e. The Morgan fingerprint density at radius 2 is 1.58 bits per heavy atom. The Kier molecular flexibility index (Phi) is 1.87. The number of carbonyl (C=O) groups is 2. The van der Waals surface area contributed by atoms with Crippen molar-refractivity contribution in [2.45, 2.75) is 6.17 Å². The van der Waals surface area contributed by atoms with Crippen LogP contribution in [0, 0.1) is 0 Å². The topological polar surface area (TPSA) is 49.4 Å². The number of para-hydroxylation sites is 2. The van der Waals surface area contributed by atoms with Crippen molar-refractivity contribution < 1.29 is 9.59 Å². The van der Waals surface area contributed by atoms with Gasteiger partial charge in [-0.1, -0.05) is 24.3 Å². The molecule has 0 fully saturated rings. The predicted octanol–water partition coefficient (Wildman–Crippen LogP) is 2.28. The maximum Gasteiger partial charge on any atom is 0.262 e. The highest BCUT2D eigenvalue weighted by molar-refractivity contribution is 6.24. The smallest absolute Gasteiger partial charge is 0.262 e. The van der Waals surface area contributed by atoms with Crippen LogP contribution in [0.25, 0.3) is 0 Å². The third-order valence-corrected chi connectivity index (χ3v) is 3.60. The van der Waals surface area contributed by atoms with Gasteiger partial charge in [-0.3, -0.25) is 14.5 Å². The fourth-order valence-corrected chi connectivity index (χ4v) is 2.72. The molecule has 0 spiro atoms. The Morgan fingerprint density at radius 1 is 0.895 bits per heavy atom. The summed E-state index contributed by atoms with van der Waals surface area (Å²) in [6.07, 6.45) is -0.611. The van der Waals surface area contributed by atoms with Crippen LogP contribution in [0.5, 0.6) is 0 Å². The molecule has 2 aromatic carbocycles. The third kappa shape index (κ3) is 1.23. The number of nitrogens with one attached hydrogen (secondary N) is 1. The summed E-state index contributed by atoms with van der Waals surface area (Å²) in [5.41, 5.74) is 2.60. The second-order valence-electron chi connectivity index (χ2n) is 4.65. The first-order valence-electron chi connectivity index (χ1n) is 6.10. The van der Waals surface area contributed by atoms with Crippen molar-refractivity contribution in [1.82, 2.24) is 0 Å². The number of carbonyl (C=O) groups excluding carboxylic acids is 2. The van der Waals surface area contributed by atoms with Crippen LogP contribution in [-0.4, -0.2) is 17.9 Å². The number of anilines is 2. The normalized spacial score (nSPS) is 19.6. The third-order valence-electron chi connectivity index (χ3n) is 3.60. The number of Topliss-reactive ketones (excluding diaryl/α,β-unsaturated/α-hetero) is 1. The van der Waals surface area contributed by atoms with E-state index in [0.717, 1.165) is 5.69 Å². The van der Waals surface area contributed by atoms with E-state index < -0.39 is 6.17 Å². The van der Waals surface area contributed by atoms with E-state index in [1.165, 1.54) is 0 Å². The summed E-state index contributed by atoms with van der Waals surface area (Å²) in [6.45, 7) is 0. The van der Waals surface area contributed by atoms with Crippen LogP contribution in [-0.2, 0) is 0 Å². The molecule has 4 heteroatoms. The van der Waals surface area contributed by atoms with E-state index in [1.807, 2.05) is 30.3 Å². The fourth-order valence-electron chi connectivity index (χ4n) is 2.72. The van der Waals surface area contributed by atoms with E-state index in [4.69, 9.17) is 0 Å². The van der Waals surface area contributed by atoms with Crippen LogP contribution in [0.3, 0.4) is 0 Å². The zero-order chi connectivity index (χ0) is 13.0. The molecule has 2 aliphatic heterocycles. The van der Waals surface area contributed by atoms with Crippen molar-refractivity contribution in [3.63, 3.8) is 0 Å². The Morgan fingerprint density at radius 3 is 2.42 bits per heavy atom. The molecule has 2 heterocycles. The molecular weight excluding hydrogens is 240 g/mol. The van der Waals surface area contributed by atoms with Gasteiger partial charge in [0.05, 0.1) is 11.3 Å². The van der Waals surface area contributed by atoms with Gasteiger partial charge in [-0.05, 0) is 24.3 Å². The average Bonchev–Trinajstić information content (AvgIpc) is 2.74. The van der Waals surface area contributed by atoms with E-state index in [-0.39, 0.29) is 11.7 Å². The number of hydrogen-bond acceptors (Lipinski definition) is 3. The van der Waals surface area contributed by atoms with E-state index in [2.05, 4.69) is 5.32 Å². The molecule has 92 valence electrons. The Balaban J connectivity index is 1.93. The summed E-state index contributed by atoms with van der Waals surface area (Å²) < 4.78 is 0. The molecular formula is C15H10N2O2. The molecule has 4 rings (SSSR count). The van der Waals surface area contributed by atoms with Gasteiger partial charge in [-0.15, -0.1) is 0 Å². The van der Waals surface area contributed by atoms with Crippen molar-refractivity contribution in [2.75, 3.05) is 10.2 Å². The van der Waals surface area contributed by atoms with E-state index in [1.54, 1.807) is 23.1 Å². The summed E-state index contributed by atoms with van der Waals surface area (Å²) in [5.74, 6) is -0.184. The number of rotatable bonds is 0. The van der Waals surface area contributed by atoms with Crippen LogP contribution >= 0.6 is 0 Å². The minimum atomic E-state index is -0.611. The predicted molar refractivity (Wildman–Crippen MR) is 71.4 cm³/mol. The molecule has 0 aliphatic carbocycles. The lowest BCUT2D eigenvalue weighted by Gasteiger charge is -2.31.